The third-order valence-corrected chi connectivity index (χ3v) is 7.52. The summed E-state index contributed by atoms with van der Waals surface area (Å²) in [5.74, 6) is 0.321. The molecule has 4 aromatic rings. The van der Waals surface area contributed by atoms with Crippen molar-refractivity contribution in [2.24, 2.45) is 5.92 Å². The van der Waals surface area contributed by atoms with Crippen LogP contribution < -0.4 is 21.3 Å². The van der Waals surface area contributed by atoms with Gasteiger partial charge in [-0.3, -0.25) is 9.78 Å². The topological polar surface area (TPSA) is 124 Å². The molecule has 3 amide bonds. The molecule has 1 saturated heterocycles. The second kappa shape index (κ2) is 12.0. The first kappa shape index (κ1) is 27.4. The number of hydrogen-bond donors (Lipinski definition) is 4. The number of fused-ring (bicyclic) bond motifs is 6. The molecule has 42 heavy (non-hydrogen) atoms. The lowest BCUT2D eigenvalue weighted by molar-refractivity contribution is -0.117. The number of likely N-dealkylation sites (tertiary alicyclic amines) is 1. The van der Waals surface area contributed by atoms with Gasteiger partial charge in [-0.05, 0) is 78.8 Å². The van der Waals surface area contributed by atoms with E-state index < -0.39 is 5.82 Å². The fraction of sp³-hybridized carbons (Fsp3) is 0.233. The third-order valence-electron chi connectivity index (χ3n) is 7.24. The van der Waals surface area contributed by atoms with Crippen molar-refractivity contribution in [3.63, 3.8) is 0 Å². The van der Waals surface area contributed by atoms with Gasteiger partial charge in [-0.2, -0.15) is 4.98 Å². The van der Waals surface area contributed by atoms with Gasteiger partial charge in [0, 0.05) is 42.8 Å². The van der Waals surface area contributed by atoms with Gasteiger partial charge in [0.1, 0.15) is 10.8 Å². The Morgan fingerprint density at radius 2 is 1.93 bits per heavy atom. The summed E-state index contributed by atoms with van der Waals surface area (Å²) in [6, 6.07) is 13.2. The van der Waals surface area contributed by atoms with Crippen LogP contribution in [0.2, 0.25) is 5.02 Å². The first-order chi connectivity index (χ1) is 20.4. The van der Waals surface area contributed by atoms with E-state index in [-0.39, 0.29) is 24.3 Å². The van der Waals surface area contributed by atoms with E-state index in [4.69, 9.17) is 11.6 Å². The van der Waals surface area contributed by atoms with E-state index in [0.717, 1.165) is 28.2 Å². The number of nitrogens with one attached hydrogen (secondary N) is 4. The molecule has 6 bridgehead atoms. The van der Waals surface area contributed by atoms with Crippen LogP contribution in [0.15, 0.2) is 67.1 Å². The minimum Gasteiger partial charge on any atom is -0.339 e. The number of carbonyl (C=O) groups is 2. The first-order valence-corrected chi connectivity index (χ1v) is 14.0. The summed E-state index contributed by atoms with van der Waals surface area (Å²) in [6.07, 6.45) is 7.39. The van der Waals surface area contributed by atoms with Gasteiger partial charge in [-0.1, -0.05) is 17.7 Å². The Bertz CT molecular complexity index is 1650. The van der Waals surface area contributed by atoms with E-state index in [1.54, 1.807) is 23.2 Å². The van der Waals surface area contributed by atoms with E-state index in [2.05, 4.69) is 36.2 Å². The lowest BCUT2D eigenvalue weighted by atomic mass is 10.0. The molecule has 2 aromatic heterocycles. The van der Waals surface area contributed by atoms with Crippen LogP contribution in [0.25, 0.3) is 0 Å². The molecule has 12 heteroatoms. The van der Waals surface area contributed by atoms with Crippen LogP contribution in [0.5, 0.6) is 0 Å². The predicted molar refractivity (Wildman–Crippen MR) is 160 cm³/mol. The molecule has 0 spiro atoms. The minimum absolute atomic E-state index is 0.0182. The first-order valence-electron chi connectivity index (χ1n) is 13.6. The van der Waals surface area contributed by atoms with Crippen molar-refractivity contribution < 1.29 is 14.0 Å². The second-order valence-corrected chi connectivity index (χ2v) is 10.8. The minimum atomic E-state index is -0.417. The fourth-order valence-electron chi connectivity index (χ4n) is 5.17. The average Bonchev–Trinajstić information content (AvgIpc) is 3.43. The van der Waals surface area contributed by atoms with Crippen LogP contribution in [-0.4, -0.2) is 44.9 Å². The third kappa shape index (κ3) is 6.58. The fourth-order valence-corrected chi connectivity index (χ4v) is 5.31. The summed E-state index contributed by atoms with van der Waals surface area (Å²) in [4.78, 5) is 40.5. The van der Waals surface area contributed by atoms with Gasteiger partial charge in [-0.25, -0.2) is 14.2 Å². The highest BCUT2D eigenvalue weighted by molar-refractivity contribution is 6.32. The zero-order chi connectivity index (χ0) is 29.1. The number of anilines is 6. The number of halogens is 2. The maximum Gasteiger partial charge on any atom is 0.321 e. The zero-order valence-electron chi connectivity index (χ0n) is 22.5. The Hall–Kier alpha value is -4.77. The SMILES string of the molecule is O=C(C[C@H]1CCN(C(=O)Nc2cccc(F)c2)C1)Nc1ccc2cc1CCc1cncc(c1)Nc1ncc(Cl)c(n1)N2. The monoisotopic (exact) mass is 586 g/mol. The molecule has 6 rings (SSSR count). The van der Waals surface area contributed by atoms with Crippen LogP contribution in [-0.2, 0) is 17.6 Å². The summed E-state index contributed by atoms with van der Waals surface area (Å²) in [5, 5.41) is 12.6. The molecule has 2 aliphatic rings. The summed E-state index contributed by atoms with van der Waals surface area (Å²) in [7, 11) is 0. The van der Waals surface area contributed by atoms with Crippen molar-refractivity contribution in [2.45, 2.75) is 25.7 Å². The molecule has 2 aliphatic heterocycles. The van der Waals surface area contributed by atoms with Crippen LogP contribution in [0.3, 0.4) is 0 Å². The van der Waals surface area contributed by atoms with Crippen LogP contribution in [0.1, 0.15) is 24.0 Å². The number of amides is 3. The number of aromatic nitrogens is 3. The Kier molecular flexibility index (Phi) is 7.83. The highest BCUT2D eigenvalue weighted by Crippen LogP contribution is 2.30. The number of urea groups is 1. The molecule has 0 saturated carbocycles. The van der Waals surface area contributed by atoms with Gasteiger partial charge < -0.3 is 26.2 Å². The molecule has 1 fully saturated rings. The molecule has 0 aliphatic carbocycles. The molecule has 0 unspecified atom stereocenters. The van der Waals surface area contributed by atoms with Gasteiger partial charge in [0.05, 0.1) is 18.1 Å². The highest BCUT2D eigenvalue weighted by Gasteiger charge is 2.28. The van der Waals surface area contributed by atoms with Crippen LogP contribution >= 0.6 is 11.6 Å². The van der Waals surface area contributed by atoms with Crippen molar-refractivity contribution in [3.8, 4) is 0 Å². The van der Waals surface area contributed by atoms with E-state index in [1.165, 1.54) is 18.3 Å². The Balaban J connectivity index is 1.14. The lowest BCUT2D eigenvalue weighted by Crippen LogP contribution is -2.33. The van der Waals surface area contributed by atoms with E-state index >= 15 is 0 Å². The number of carbonyl (C=O) groups excluding carboxylic acids is 2. The van der Waals surface area contributed by atoms with Crippen LogP contribution in [0.4, 0.5) is 43.7 Å². The molecule has 4 heterocycles. The molecular formula is C30H28ClFN8O2. The predicted octanol–water partition coefficient (Wildman–Crippen LogP) is 6.13. The van der Waals surface area contributed by atoms with Crippen molar-refractivity contribution in [3.05, 3.63) is 89.1 Å². The van der Waals surface area contributed by atoms with E-state index in [0.29, 0.717) is 54.8 Å². The summed E-state index contributed by atoms with van der Waals surface area (Å²) < 4.78 is 13.5. The molecule has 1 atom stereocenters. The molecule has 2 aromatic carbocycles. The Morgan fingerprint density at radius 1 is 1.02 bits per heavy atom. The number of pyridine rings is 1. The number of benzene rings is 2. The smallest absolute Gasteiger partial charge is 0.321 e. The summed E-state index contributed by atoms with van der Waals surface area (Å²) in [6.45, 7) is 0.976. The van der Waals surface area contributed by atoms with E-state index in [1.807, 2.05) is 30.5 Å². The zero-order valence-corrected chi connectivity index (χ0v) is 23.3. The van der Waals surface area contributed by atoms with Crippen molar-refractivity contribution >= 4 is 58.1 Å². The van der Waals surface area contributed by atoms with Crippen molar-refractivity contribution in [1.29, 1.82) is 0 Å². The normalized spacial score (nSPS) is 15.8. The number of aryl methyl sites for hydroxylation is 2. The molecule has 0 radical (unpaired) electrons. The van der Waals surface area contributed by atoms with E-state index in [9.17, 15) is 14.0 Å². The van der Waals surface area contributed by atoms with Gasteiger partial charge in [0.2, 0.25) is 11.9 Å². The quantitative estimate of drug-likeness (QED) is 0.227. The second-order valence-electron chi connectivity index (χ2n) is 10.4. The summed E-state index contributed by atoms with van der Waals surface area (Å²) in [5.41, 5.74) is 4.61. The standard InChI is InChI=1S/C30H28ClFN8O2/c31-25-16-34-29-36-24-10-18(14-33-15-24)4-5-20-12-23(35-28(25)39-29)6-7-26(20)38-27(41)11-19-8-9-40(17-19)30(42)37-22-3-1-2-21(32)13-22/h1-3,6-7,10,12-16,19H,4-5,8-9,11,17H2,(H,37,42)(H,38,41)(H2,34,35,36,39)/t19-/m1/s1. The van der Waals surface area contributed by atoms with Crippen LogP contribution in [0, 0.1) is 11.7 Å². The average molecular weight is 587 g/mol. The molecule has 10 nitrogen and oxygen atoms in total. The maximum atomic E-state index is 13.5. The Morgan fingerprint density at radius 3 is 2.81 bits per heavy atom. The molecule has 214 valence electrons. The number of rotatable bonds is 4. The van der Waals surface area contributed by atoms with Crippen molar-refractivity contribution in [2.75, 3.05) is 34.4 Å². The maximum absolute atomic E-state index is 13.5. The Labute approximate surface area is 246 Å². The molecular weight excluding hydrogens is 559 g/mol. The lowest BCUT2D eigenvalue weighted by Gasteiger charge is -2.18. The van der Waals surface area contributed by atoms with Gasteiger partial charge >= 0.3 is 6.03 Å². The van der Waals surface area contributed by atoms with Gasteiger partial charge in [0.15, 0.2) is 5.82 Å². The van der Waals surface area contributed by atoms with Gasteiger partial charge in [0.25, 0.3) is 0 Å². The number of nitrogens with zero attached hydrogens (tertiary/aromatic N) is 4. The van der Waals surface area contributed by atoms with Gasteiger partial charge in [-0.15, -0.1) is 0 Å². The number of hydrogen-bond acceptors (Lipinski definition) is 7. The highest BCUT2D eigenvalue weighted by atomic mass is 35.5. The largest absolute Gasteiger partial charge is 0.339 e. The molecule has 4 N–H and O–H groups in total. The summed E-state index contributed by atoms with van der Waals surface area (Å²) >= 11 is 6.36. The van der Waals surface area contributed by atoms with Crippen molar-refractivity contribution in [1.82, 2.24) is 19.9 Å².